The van der Waals surface area contributed by atoms with Crippen LogP contribution in [0.25, 0.3) is 0 Å². The van der Waals surface area contributed by atoms with Gasteiger partial charge in [0, 0.05) is 44.7 Å². The first kappa shape index (κ1) is 66.6. The summed E-state index contributed by atoms with van der Waals surface area (Å²) in [5, 5.41) is 28.4. The predicted molar refractivity (Wildman–Crippen MR) is 313 cm³/mol. The van der Waals surface area contributed by atoms with E-state index >= 15 is 0 Å². The molecule has 2 aliphatic rings. The number of rotatable bonds is 29. The molecule has 2 amide bonds. The maximum Gasteiger partial charge on any atom is 0.407 e. The highest BCUT2D eigenvalue weighted by molar-refractivity contribution is 7.89. The van der Waals surface area contributed by atoms with Gasteiger partial charge in [-0.3, -0.25) is 0 Å². The summed E-state index contributed by atoms with van der Waals surface area (Å²) in [7, 11) is -8.10. The molecule has 0 saturated heterocycles. The molecule has 0 aliphatic carbocycles. The summed E-state index contributed by atoms with van der Waals surface area (Å²) < 4.78 is 90.5. The van der Waals surface area contributed by atoms with E-state index in [-0.39, 0.29) is 74.2 Å². The lowest BCUT2D eigenvalue weighted by Crippen LogP contribution is -2.51. The van der Waals surface area contributed by atoms with E-state index in [1.807, 2.05) is 74.5 Å². The number of aliphatic hydroxyl groups excluding tert-OH is 2. The van der Waals surface area contributed by atoms with Crippen LogP contribution in [0.4, 0.5) is 9.59 Å². The van der Waals surface area contributed by atoms with Gasteiger partial charge in [-0.05, 0) is 141 Å². The van der Waals surface area contributed by atoms with Crippen LogP contribution in [0.3, 0.4) is 0 Å². The van der Waals surface area contributed by atoms with Gasteiger partial charge in [-0.25, -0.2) is 26.4 Å². The lowest BCUT2D eigenvalue weighted by molar-refractivity contribution is -0.108. The van der Waals surface area contributed by atoms with Crippen LogP contribution < -0.4 is 29.6 Å². The number of aldehydes is 1. The van der Waals surface area contributed by atoms with Gasteiger partial charge in [0.1, 0.15) is 17.5 Å². The average molecular weight is 1180 g/mol. The van der Waals surface area contributed by atoms with Crippen LogP contribution in [-0.2, 0) is 47.2 Å². The number of benzene rings is 4. The number of alkyl carbamates (subject to hydrolysis) is 2. The summed E-state index contributed by atoms with van der Waals surface area (Å²) in [6.45, 7) is 20.3. The molecule has 0 aromatic heterocycles. The van der Waals surface area contributed by atoms with Gasteiger partial charge < -0.3 is 54.1 Å². The molecule has 82 heavy (non-hydrogen) atoms. The number of carbonyl (C=O) groups excluding carboxylic acids is 3. The molecule has 2 aliphatic heterocycles. The fourth-order valence-electron chi connectivity index (χ4n) is 9.01. The number of nitrogens with zero attached hydrogens (tertiary/aromatic N) is 2. The van der Waals surface area contributed by atoms with E-state index in [1.54, 1.807) is 53.7 Å². The Hall–Kier alpha value is -6.23. The molecule has 0 radical (unpaired) electrons. The van der Waals surface area contributed by atoms with Crippen molar-refractivity contribution in [1.82, 2.24) is 19.2 Å². The third kappa shape index (κ3) is 21.8. The highest BCUT2D eigenvalue weighted by Crippen LogP contribution is 2.36. The standard InChI is InChI=1S/C32H46N2O7S.C29H40N2O8S/c1-23(2)11-10-12-24(3)17-18-34(42(37,38)26-15-16-29-30(20-26)40-22-39-29)21-28(35)27(19-25-13-8-7-9-14-25)33-31(36)41-32(4,5)6;1-21(9-8-16-32)14-15-31(40(35,36)23-12-13-26-27(18-23)38-20-37-26)19-25(33)24(17-22-10-6-5-7-11-22)30-28(34)39-29(2,3)4/h7-9,13-16,20,24,27-28,35H,1,10-12,17-19,21-22H2,2-6H3,(H,33,36);5-7,10-13,16,18,21,24-25,33H,8-9,14-15,17,19-20H2,1-4H3,(H,30,34)/t24?,27-,28+;21?,24-,25+/m00/s1. The highest BCUT2D eigenvalue weighted by Gasteiger charge is 2.35. The van der Waals surface area contributed by atoms with Crippen molar-refractivity contribution in [3.63, 3.8) is 0 Å². The zero-order valence-electron chi connectivity index (χ0n) is 49.0. The van der Waals surface area contributed by atoms with Gasteiger partial charge in [-0.15, -0.1) is 6.58 Å². The van der Waals surface area contributed by atoms with Gasteiger partial charge in [0.15, 0.2) is 23.0 Å². The molecule has 6 atom stereocenters. The van der Waals surface area contributed by atoms with Crippen LogP contribution in [0, 0.1) is 11.8 Å². The number of amides is 2. The summed E-state index contributed by atoms with van der Waals surface area (Å²) >= 11 is 0. The number of sulfonamides is 2. The summed E-state index contributed by atoms with van der Waals surface area (Å²) in [6.07, 6.45) is 2.46. The van der Waals surface area contributed by atoms with Crippen molar-refractivity contribution in [2.75, 3.05) is 39.8 Å². The molecule has 452 valence electrons. The van der Waals surface area contributed by atoms with Crippen LogP contribution >= 0.6 is 0 Å². The monoisotopic (exact) mass is 1180 g/mol. The Morgan fingerprint density at radius 2 is 1.01 bits per heavy atom. The Morgan fingerprint density at radius 3 is 1.39 bits per heavy atom. The van der Waals surface area contributed by atoms with Crippen molar-refractivity contribution < 1.29 is 69.9 Å². The van der Waals surface area contributed by atoms with Crippen molar-refractivity contribution in [3.8, 4) is 23.0 Å². The molecule has 0 bridgehead atoms. The van der Waals surface area contributed by atoms with E-state index in [0.717, 1.165) is 42.2 Å². The summed E-state index contributed by atoms with van der Waals surface area (Å²) in [6, 6.07) is 26.0. The second-order valence-electron chi connectivity index (χ2n) is 23.2. The second-order valence-corrected chi connectivity index (χ2v) is 27.0. The van der Waals surface area contributed by atoms with Crippen molar-refractivity contribution in [1.29, 1.82) is 0 Å². The number of allylic oxidation sites excluding steroid dienone is 1. The van der Waals surface area contributed by atoms with Gasteiger partial charge >= 0.3 is 12.2 Å². The quantitative estimate of drug-likeness (QED) is 0.0292. The van der Waals surface area contributed by atoms with Crippen molar-refractivity contribution in [3.05, 3.63) is 120 Å². The summed E-state index contributed by atoms with van der Waals surface area (Å²) in [5.74, 6) is 1.97. The zero-order valence-corrected chi connectivity index (χ0v) is 50.6. The van der Waals surface area contributed by atoms with Crippen molar-refractivity contribution >= 4 is 38.5 Å². The normalized spacial score (nSPS) is 15.3. The maximum absolute atomic E-state index is 14.0. The Balaban J connectivity index is 0.000000301. The van der Waals surface area contributed by atoms with Gasteiger partial charge in [-0.2, -0.15) is 8.61 Å². The van der Waals surface area contributed by atoms with Gasteiger partial charge in [0.2, 0.25) is 33.6 Å². The van der Waals surface area contributed by atoms with Gasteiger partial charge in [0.25, 0.3) is 0 Å². The largest absolute Gasteiger partial charge is 0.454 e. The first-order valence-electron chi connectivity index (χ1n) is 27.9. The average Bonchev–Trinajstić information content (AvgIpc) is 4.02. The van der Waals surface area contributed by atoms with Crippen molar-refractivity contribution in [2.45, 2.75) is 165 Å². The van der Waals surface area contributed by atoms with E-state index in [0.29, 0.717) is 48.7 Å². The van der Waals surface area contributed by atoms with Crippen LogP contribution in [0.15, 0.2) is 119 Å². The minimum Gasteiger partial charge on any atom is -0.454 e. The molecule has 4 aromatic carbocycles. The van der Waals surface area contributed by atoms with E-state index < -0.39 is 67.7 Å². The smallest absolute Gasteiger partial charge is 0.407 e. The number of aliphatic hydroxyl groups is 2. The van der Waals surface area contributed by atoms with E-state index in [2.05, 4.69) is 24.1 Å². The van der Waals surface area contributed by atoms with Gasteiger partial charge in [0.05, 0.1) is 34.1 Å². The molecular formula is C61H86N4O15S2. The molecule has 6 rings (SSSR count). The van der Waals surface area contributed by atoms with Gasteiger partial charge in [-0.1, -0.05) is 86.5 Å². The molecule has 4 N–H and O–H groups in total. The lowest BCUT2D eigenvalue weighted by atomic mass is 9.98. The number of carbonyl (C=O) groups is 3. The molecule has 0 fully saturated rings. The fourth-order valence-corrected chi connectivity index (χ4v) is 12.0. The number of hydrogen-bond donors (Lipinski definition) is 4. The third-order valence-corrected chi connectivity index (χ3v) is 17.2. The molecule has 0 saturated carbocycles. The van der Waals surface area contributed by atoms with Crippen LogP contribution in [0.1, 0.15) is 118 Å². The maximum atomic E-state index is 14.0. The van der Waals surface area contributed by atoms with Crippen molar-refractivity contribution in [2.24, 2.45) is 11.8 Å². The molecule has 2 unspecified atom stereocenters. The number of hydrogen-bond acceptors (Lipinski definition) is 15. The lowest BCUT2D eigenvalue weighted by Gasteiger charge is -2.31. The predicted octanol–water partition coefficient (Wildman–Crippen LogP) is 9.58. The topological polar surface area (TPSA) is 246 Å². The van der Waals surface area contributed by atoms with E-state index in [9.17, 15) is 41.4 Å². The minimum atomic E-state index is -4.07. The number of fused-ring (bicyclic) bond motifs is 2. The number of nitrogens with one attached hydrogen (secondary N) is 2. The number of ether oxygens (including phenoxy) is 6. The van der Waals surface area contributed by atoms with E-state index in [1.165, 1.54) is 32.9 Å². The summed E-state index contributed by atoms with van der Waals surface area (Å²) in [5.41, 5.74) is 1.38. The van der Waals surface area contributed by atoms with Crippen LogP contribution in [-0.4, -0.2) is 129 Å². The Morgan fingerprint density at radius 1 is 0.622 bits per heavy atom. The second kappa shape index (κ2) is 30.9. The van der Waals surface area contributed by atoms with Crippen LogP contribution in [0.5, 0.6) is 23.0 Å². The molecule has 19 nitrogen and oxygen atoms in total. The molecule has 0 spiro atoms. The Kier molecular flexibility index (Phi) is 25.1. The fraction of sp³-hybridized carbons (Fsp3) is 0.525. The summed E-state index contributed by atoms with van der Waals surface area (Å²) in [4.78, 5) is 36.3. The first-order chi connectivity index (χ1) is 38.6. The Labute approximate surface area is 485 Å². The van der Waals surface area contributed by atoms with Crippen LogP contribution in [0.2, 0.25) is 0 Å². The minimum absolute atomic E-state index is 0.00389. The third-order valence-electron chi connectivity index (χ3n) is 13.5. The molecule has 21 heteroatoms. The highest BCUT2D eigenvalue weighted by atomic mass is 32.2. The molecular weight excluding hydrogens is 1090 g/mol. The Bertz CT molecular complexity index is 2920. The SMILES string of the molecule is C=C(C)CCCC(C)CCN(C[C@@H](O)[C@H](Cc1ccccc1)NC(=O)OC(C)(C)C)S(=O)(=O)c1ccc2c(c1)OCO2.CC(CCC=O)CCN(C[C@@H](O)[C@H](Cc1ccccc1)NC(=O)OC(C)(C)C)S(=O)(=O)c1ccc2c(c1)OCO2. The first-order valence-corrected chi connectivity index (χ1v) is 30.8. The molecule has 4 aromatic rings. The van der Waals surface area contributed by atoms with E-state index in [4.69, 9.17) is 28.4 Å². The molecule has 2 heterocycles. The zero-order chi connectivity index (χ0) is 60.3.